The molecule has 8 heteroatoms. The molecule has 0 aliphatic heterocycles. The third kappa shape index (κ3) is 5.13. The summed E-state index contributed by atoms with van der Waals surface area (Å²) in [4.78, 5) is 19.0. The van der Waals surface area contributed by atoms with Crippen LogP contribution in [0.5, 0.6) is 0 Å². The molecule has 3 aromatic carbocycles. The Morgan fingerprint density at radius 2 is 1.89 bits per heavy atom. The summed E-state index contributed by atoms with van der Waals surface area (Å²) < 4.78 is 14.1. The highest BCUT2D eigenvalue weighted by Crippen LogP contribution is 2.33. The van der Waals surface area contributed by atoms with Crippen molar-refractivity contribution in [3.63, 3.8) is 0 Å². The van der Waals surface area contributed by atoms with E-state index in [0.717, 1.165) is 32.1 Å². The topological polar surface area (TPSA) is 96.7 Å². The van der Waals surface area contributed by atoms with Gasteiger partial charge < -0.3 is 11.1 Å². The maximum atomic E-state index is 14.1. The molecule has 4 N–H and O–H groups in total. The molecule has 0 bridgehead atoms. The molecule has 0 aliphatic carbocycles. The Kier molecular flexibility index (Phi) is 6.77. The Balaban J connectivity index is 1.33. The Hall–Kier alpha value is -4.43. The van der Waals surface area contributed by atoms with Crippen LogP contribution in [0.3, 0.4) is 0 Å². The smallest absolute Gasteiger partial charge is 0.252 e. The number of carbonyl (C=O) groups is 1. The van der Waals surface area contributed by atoms with Gasteiger partial charge in [0.15, 0.2) is 0 Å². The molecule has 0 saturated heterocycles. The number of amides is 1. The second-order valence-electron chi connectivity index (χ2n) is 7.99. The third-order valence-corrected chi connectivity index (χ3v) is 6.67. The van der Waals surface area contributed by atoms with E-state index in [4.69, 9.17) is 5.73 Å². The van der Waals surface area contributed by atoms with Gasteiger partial charge >= 0.3 is 0 Å². The summed E-state index contributed by atoms with van der Waals surface area (Å²) in [6.07, 6.45) is 5.59. The number of pyridine rings is 1. The number of nitrogens with zero attached hydrogens (tertiary/aromatic N) is 2. The van der Waals surface area contributed by atoms with E-state index < -0.39 is 5.82 Å². The van der Waals surface area contributed by atoms with Crippen LogP contribution in [0.15, 0.2) is 94.9 Å². The number of benzene rings is 3. The van der Waals surface area contributed by atoms with E-state index in [1.807, 2.05) is 60.7 Å². The quantitative estimate of drug-likeness (QED) is 0.243. The highest BCUT2D eigenvalue weighted by molar-refractivity contribution is 7.99. The first-order valence-corrected chi connectivity index (χ1v) is 12.1. The molecule has 6 nitrogen and oxygen atoms in total. The standard InChI is InChI=1S/C28H22FN5OS/c29-23-8-5-9-24(30)22(23)17-32-28(35)21-7-1-2-10-27(21)36-19-12-13-20-25(33-34-26(20)16-19)14-11-18-6-3-4-15-31-18/h1-16H,17,30H2,(H,32,35)(H,33,34)/b14-11+. The fraction of sp³-hybridized carbons (Fsp3) is 0.0357. The van der Waals surface area contributed by atoms with Crippen LogP contribution in [0.1, 0.15) is 27.3 Å². The number of halogens is 1. The molecule has 0 fully saturated rings. The number of nitrogen functional groups attached to an aromatic ring is 1. The molecule has 0 aliphatic rings. The van der Waals surface area contributed by atoms with Gasteiger partial charge in [-0.3, -0.25) is 14.9 Å². The molecule has 0 radical (unpaired) electrons. The van der Waals surface area contributed by atoms with Crippen molar-refractivity contribution in [3.8, 4) is 0 Å². The number of rotatable bonds is 7. The average molecular weight is 496 g/mol. The first-order valence-electron chi connectivity index (χ1n) is 11.2. The van der Waals surface area contributed by atoms with Crippen molar-refractivity contribution in [1.29, 1.82) is 0 Å². The Morgan fingerprint density at radius 3 is 2.72 bits per heavy atom. The Bertz CT molecular complexity index is 1550. The zero-order valence-corrected chi connectivity index (χ0v) is 19.9. The van der Waals surface area contributed by atoms with E-state index in [-0.39, 0.29) is 18.0 Å². The van der Waals surface area contributed by atoms with Crippen LogP contribution in [0.4, 0.5) is 10.1 Å². The number of aromatic nitrogens is 3. The molecule has 36 heavy (non-hydrogen) atoms. The van der Waals surface area contributed by atoms with Crippen LogP contribution >= 0.6 is 11.8 Å². The van der Waals surface area contributed by atoms with Crippen molar-refractivity contribution in [3.05, 3.63) is 113 Å². The van der Waals surface area contributed by atoms with Gasteiger partial charge in [-0.2, -0.15) is 5.10 Å². The monoisotopic (exact) mass is 495 g/mol. The largest absolute Gasteiger partial charge is 0.398 e. The lowest BCUT2D eigenvalue weighted by molar-refractivity contribution is 0.0948. The van der Waals surface area contributed by atoms with Gasteiger partial charge in [0.25, 0.3) is 5.91 Å². The minimum absolute atomic E-state index is 0.00520. The molecule has 0 unspecified atom stereocenters. The number of fused-ring (bicyclic) bond motifs is 1. The van der Waals surface area contributed by atoms with Crippen molar-refractivity contribution < 1.29 is 9.18 Å². The summed E-state index contributed by atoms with van der Waals surface area (Å²) in [5.41, 5.74) is 9.50. The van der Waals surface area contributed by atoms with Crippen LogP contribution in [0.25, 0.3) is 23.1 Å². The van der Waals surface area contributed by atoms with Crippen LogP contribution in [0.2, 0.25) is 0 Å². The molecule has 1 amide bonds. The lowest BCUT2D eigenvalue weighted by atomic mass is 10.1. The fourth-order valence-electron chi connectivity index (χ4n) is 3.75. The average Bonchev–Trinajstić information content (AvgIpc) is 3.30. The molecular formula is C28H22FN5OS. The normalized spacial score (nSPS) is 11.2. The number of hydrogen-bond donors (Lipinski definition) is 3. The molecule has 5 rings (SSSR count). The van der Waals surface area contributed by atoms with E-state index in [1.165, 1.54) is 23.9 Å². The van der Waals surface area contributed by atoms with E-state index >= 15 is 0 Å². The highest BCUT2D eigenvalue weighted by Gasteiger charge is 2.14. The lowest BCUT2D eigenvalue weighted by Crippen LogP contribution is -2.24. The van der Waals surface area contributed by atoms with Crippen LogP contribution in [0, 0.1) is 5.82 Å². The maximum absolute atomic E-state index is 14.1. The van der Waals surface area contributed by atoms with Crippen molar-refractivity contribution in [2.24, 2.45) is 0 Å². The molecule has 2 aromatic heterocycles. The first kappa shape index (κ1) is 23.3. The van der Waals surface area contributed by atoms with Crippen molar-refractivity contribution in [2.75, 3.05) is 5.73 Å². The van der Waals surface area contributed by atoms with Gasteiger partial charge in [-0.15, -0.1) is 0 Å². The van der Waals surface area contributed by atoms with Gasteiger partial charge in [0.2, 0.25) is 0 Å². The molecule has 0 atom stereocenters. The third-order valence-electron chi connectivity index (χ3n) is 5.60. The Morgan fingerprint density at radius 1 is 1.03 bits per heavy atom. The molecule has 0 spiro atoms. The SMILES string of the molecule is Nc1cccc(F)c1CNC(=O)c1ccccc1Sc1ccc2c(/C=C/c3ccccn3)n[nH]c2c1. The predicted octanol–water partition coefficient (Wildman–Crippen LogP) is 5.93. The second-order valence-corrected chi connectivity index (χ2v) is 9.11. The number of H-pyrrole nitrogens is 1. The van der Waals surface area contributed by atoms with Gasteiger partial charge in [0.05, 0.1) is 22.5 Å². The zero-order chi connectivity index (χ0) is 24.9. The molecule has 178 valence electrons. The van der Waals surface area contributed by atoms with Gasteiger partial charge in [-0.25, -0.2) is 4.39 Å². The summed E-state index contributed by atoms with van der Waals surface area (Å²) in [5, 5.41) is 11.3. The fourth-order valence-corrected chi connectivity index (χ4v) is 4.73. The van der Waals surface area contributed by atoms with Gasteiger partial charge in [-0.05, 0) is 66.7 Å². The van der Waals surface area contributed by atoms with E-state index in [0.29, 0.717) is 11.3 Å². The molecule has 2 heterocycles. The van der Waals surface area contributed by atoms with E-state index in [2.05, 4.69) is 20.5 Å². The molecular weight excluding hydrogens is 473 g/mol. The summed E-state index contributed by atoms with van der Waals surface area (Å²) >= 11 is 1.47. The predicted molar refractivity (Wildman–Crippen MR) is 142 cm³/mol. The molecule has 5 aromatic rings. The Labute approximate surface area is 211 Å². The van der Waals surface area contributed by atoms with Crippen LogP contribution in [-0.2, 0) is 6.54 Å². The van der Waals surface area contributed by atoms with Gasteiger partial charge in [-0.1, -0.05) is 36.0 Å². The number of hydrogen-bond acceptors (Lipinski definition) is 5. The second kappa shape index (κ2) is 10.5. The van der Waals surface area contributed by atoms with Crippen molar-refractivity contribution in [1.82, 2.24) is 20.5 Å². The van der Waals surface area contributed by atoms with E-state index in [9.17, 15) is 9.18 Å². The van der Waals surface area contributed by atoms with Gasteiger partial charge in [0.1, 0.15) is 5.82 Å². The lowest BCUT2D eigenvalue weighted by Gasteiger charge is -2.12. The summed E-state index contributed by atoms with van der Waals surface area (Å²) in [6, 6.07) is 23.5. The van der Waals surface area contributed by atoms with Crippen molar-refractivity contribution in [2.45, 2.75) is 16.3 Å². The minimum atomic E-state index is -0.444. The van der Waals surface area contributed by atoms with Gasteiger partial charge in [0, 0.05) is 39.2 Å². The molecule has 0 saturated carbocycles. The zero-order valence-electron chi connectivity index (χ0n) is 19.1. The number of aromatic amines is 1. The van der Waals surface area contributed by atoms with E-state index in [1.54, 1.807) is 24.4 Å². The highest BCUT2D eigenvalue weighted by atomic mass is 32.2. The number of nitrogens with one attached hydrogen (secondary N) is 2. The first-order chi connectivity index (χ1) is 17.6. The summed E-state index contributed by atoms with van der Waals surface area (Å²) in [5.74, 6) is -0.745. The summed E-state index contributed by atoms with van der Waals surface area (Å²) in [6.45, 7) is 0.00520. The number of nitrogens with two attached hydrogens (primary N) is 1. The van der Waals surface area contributed by atoms with Crippen LogP contribution < -0.4 is 11.1 Å². The maximum Gasteiger partial charge on any atom is 0.252 e. The number of carbonyl (C=O) groups excluding carboxylic acids is 1. The summed E-state index contributed by atoms with van der Waals surface area (Å²) in [7, 11) is 0. The number of anilines is 1. The minimum Gasteiger partial charge on any atom is -0.398 e. The van der Waals surface area contributed by atoms with Crippen molar-refractivity contribution >= 4 is 46.4 Å². The van der Waals surface area contributed by atoms with Crippen LogP contribution in [-0.4, -0.2) is 21.1 Å².